The lowest BCUT2D eigenvalue weighted by Gasteiger charge is -2.11. The molecule has 0 aromatic carbocycles. The van der Waals surface area contributed by atoms with Crippen LogP contribution < -0.4 is 15.4 Å². The Labute approximate surface area is 118 Å². The number of hydrogen-bond donors (Lipinski definition) is 3. The van der Waals surface area contributed by atoms with Crippen molar-refractivity contribution >= 4 is 15.9 Å². The molecular weight excluding hydrogens is 282 g/mol. The Balaban J connectivity index is 1.77. The Kier molecular flexibility index (Phi) is 4.73. The molecule has 0 spiro atoms. The lowest BCUT2D eigenvalue weighted by Crippen LogP contribution is -2.42. The van der Waals surface area contributed by atoms with E-state index in [1.165, 1.54) is 17.1 Å². The van der Waals surface area contributed by atoms with Crippen LogP contribution in [0.1, 0.15) is 12.8 Å². The number of amides is 1. The first-order valence-electron chi connectivity index (χ1n) is 6.45. The molecule has 1 aliphatic heterocycles. The molecule has 112 valence electrons. The average molecular weight is 301 g/mol. The van der Waals surface area contributed by atoms with Gasteiger partial charge in [-0.25, -0.2) is 18.1 Å². The number of aryl methyl sites for hydroxylation is 1. The van der Waals surface area contributed by atoms with E-state index in [0.29, 0.717) is 6.54 Å². The molecule has 1 amide bonds. The largest absolute Gasteiger partial charge is 0.353 e. The van der Waals surface area contributed by atoms with E-state index in [1.807, 2.05) is 0 Å². The fourth-order valence-corrected chi connectivity index (χ4v) is 2.95. The Morgan fingerprint density at radius 2 is 2.40 bits per heavy atom. The first-order chi connectivity index (χ1) is 9.47. The zero-order chi connectivity index (χ0) is 14.6. The summed E-state index contributed by atoms with van der Waals surface area (Å²) in [5.74, 6) is -0.349. The van der Waals surface area contributed by atoms with Crippen molar-refractivity contribution in [3.63, 3.8) is 0 Å². The minimum absolute atomic E-state index is 0.0924. The zero-order valence-electron chi connectivity index (χ0n) is 11.3. The van der Waals surface area contributed by atoms with Crippen LogP contribution in [0.4, 0.5) is 0 Å². The predicted molar refractivity (Wildman–Crippen MR) is 72.4 cm³/mol. The zero-order valence-corrected chi connectivity index (χ0v) is 12.1. The molecule has 0 radical (unpaired) electrons. The highest BCUT2D eigenvalue weighted by molar-refractivity contribution is 7.89. The molecule has 8 nitrogen and oxygen atoms in total. The van der Waals surface area contributed by atoms with Crippen molar-refractivity contribution in [2.75, 3.05) is 19.6 Å². The van der Waals surface area contributed by atoms with Gasteiger partial charge >= 0.3 is 0 Å². The van der Waals surface area contributed by atoms with Gasteiger partial charge in [0.25, 0.3) is 10.0 Å². The maximum atomic E-state index is 11.8. The standard InChI is InChI=1S/C11H19N5O3S/c1-16-7-11(14-8-16)20(18,19)15-6-10(17)13-5-9-3-2-4-12-9/h7-9,12,15H,2-6H2,1H3,(H,13,17). The first kappa shape index (κ1) is 14.9. The monoisotopic (exact) mass is 301 g/mol. The van der Waals surface area contributed by atoms with Crippen molar-refractivity contribution < 1.29 is 13.2 Å². The number of hydrogen-bond acceptors (Lipinski definition) is 5. The quantitative estimate of drug-likeness (QED) is 0.597. The Hall–Kier alpha value is -1.45. The summed E-state index contributed by atoms with van der Waals surface area (Å²) in [6, 6.07) is 0.284. The van der Waals surface area contributed by atoms with Crippen molar-refractivity contribution in [2.24, 2.45) is 7.05 Å². The molecule has 1 saturated heterocycles. The fraction of sp³-hybridized carbons (Fsp3) is 0.636. The normalized spacial score (nSPS) is 19.1. The molecule has 1 aromatic rings. The number of imidazole rings is 1. The summed E-state index contributed by atoms with van der Waals surface area (Å²) in [6.07, 6.45) is 4.90. The van der Waals surface area contributed by atoms with E-state index in [2.05, 4.69) is 20.3 Å². The maximum Gasteiger partial charge on any atom is 0.260 e. The van der Waals surface area contributed by atoms with Gasteiger partial charge < -0.3 is 15.2 Å². The Bertz CT molecular complexity index is 562. The van der Waals surface area contributed by atoms with Gasteiger partial charge in [-0.2, -0.15) is 0 Å². The molecule has 0 aliphatic carbocycles. The summed E-state index contributed by atoms with van der Waals surface area (Å²) in [5, 5.41) is 5.85. The van der Waals surface area contributed by atoms with Crippen LogP contribution in [-0.2, 0) is 21.9 Å². The van der Waals surface area contributed by atoms with Gasteiger partial charge in [0.05, 0.1) is 12.9 Å². The third-order valence-electron chi connectivity index (χ3n) is 3.09. The summed E-state index contributed by atoms with van der Waals surface area (Å²) >= 11 is 0. The van der Waals surface area contributed by atoms with Crippen LogP contribution >= 0.6 is 0 Å². The van der Waals surface area contributed by atoms with E-state index in [4.69, 9.17) is 0 Å². The smallest absolute Gasteiger partial charge is 0.260 e. The highest BCUT2D eigenvalue weighted by Crippen LogP contribution is 2.04. The second kappa shape index (κ2) is 6.33. The molecule has 1 fully saturated rings. The molecule has 1 unspecified atom stereocenters. The Morgan fingerprint density at radius 1 is 1.60 bits per heavy atom. The molecule has 20 heavy (non-hydrogen) atoms. The van der Waals surface area contributed by atoms with Gasteiger partial charge in [-0.1, -0.05) is 0 Å². The van der Waals surface area contributed by atoms with Crippen LogP contribution in [0.2, 0.25) is 0 Å². The van der Waals surface area contributed by atoms with Crippen molar-refractivity contribution in [2.45, 2.75) is 23.9 Å². The number of carbonyl (C=O) groups excluding carboxylic acids is 1. The third kappa shape index (κ3) is 4.02. The van der Waals surface area contributed by atoms with Gasteiger partial charge in [-0.3, -0.25) is 4.79 Å². The molecular formula is C11H19N5O3S. The molecule has 0 bridgehead atoms. The molecule has 2 heterocycles. The molecule has 9 heteroatoms. The summed E-state index contributed by atoms with van der Waals surface area (Å²) in [7, 11) is -2.06. The van der Waals surface area contributed by atoms with Crippen LogP contribution in [0.5, 0.6) is 0 Å². The average Bonchev–Trinajstić information content (AvgIpc) is 3.05. The van der Waals surface area contributed by atoms with Crippen LogP contribution in [0.15, 0.2) is 17.6 Å². The van der Waals surface area contributed by atoms with Crippen molar-refractivity contribution in [1.82, 2.24) is 24.9 Å². The van der Waals surface area contributed by atoms with Gasteiger partial charge in [-0.15, -0.1) is 0 Å². The van der Waals surface area contributed by atoms with Gasteiger partial charge in [0.15, 0.2) is 5.03 Å². The summed E-state index contributed by atoms with van der Waals surface area (Å²) in [4.78, 5) is 15.3. The predicted octanol–water partition coefficient (Wildman–Crippen LogP) is -1.43. The summed E-state index contributed by atoms with van der Waals surface area (Å²) in [6.45, 7) is 1.20. The van der Waals surface area contributed by atoms with Crippen LogP contribution in [0, 0.1) is 0 Å². The Morgan fingerprint density at radius 3 is 3.00 bits per heavy atom. The molecule has 0 saturated carbocycles. The summed E-state index contributed by atoms with van der Waals surface area (Å²) in [5.41, 5.74) is 0. The van der Waals surface area contributed by atoms with Crippen LogP contribution in [0.25, 0.3) is 0 Å². The second-order valence-electron chi connectivity index (χ2n) is 4.80. The maximum absolute atomic E-state index is 11.8. The SMILES string of the molecule is Cn1cnc(S(=O)(=O)NCC(=O)NCC2CCCN2)c1. The molecule has 2 rings (SSSR count). The van der Waals surface area contributed by atoms with E-state index in [-0.39, 0.29) is 23.5 Å². The lowest BCUT2D eigenvalue weighted by molar-refractivity contribution is -0.120. The number of nitrogens with one attached hydrogen (secondary N) is 3. The van der Waals surface area contributed by atoms with Crippen molar-refractivity contribution in [3.05, 3.63) is 12.5 Å². The number of nitrogens with zero attached hydrogens (tertiary/aromatic N) is 2. The van der Waals surface area contributed by atoms with E-state index in [0.717, 1.165) is 19.4 Å². The fourth-order valence-electron chi connectivity index (χ4n) is 1.99. The van der Waals surface area contributed by atoms with E-state index in [1.54, 1.807) is 7.05 Å². The minimum atomic E-state index is -3.73. The van der Waals surface area contributed by atoms with E-state index >= 15 is 0 Å². The summed E-state index contributed by atoms with van der Waals surface area (Å²) < 4.78 is 27.4. The minimum Gasteiger partial charge on any atom is -0.353 e. The first-order valence-corrected chi connectivity index (χ1v) is 7.93. The second-order valence-corrected chi connectivity index (χ2v) is 6.51. The number of sulfonamides is 1. The number of rotatable bonds is 6. The number of aromatic nitrogens is 2. The lowest BCUT2D eigenvalue weighted by atomic mass is 10.2. The topological polar surface area (TPSA) is 105 Å². The van der Waals surface area contributed by atoms with Crippen LogP contribution in [-0.4, -0.2) is 49.6 Å². The van der Waals surface area contributed by atoms with Gasteiger partial charge in [0, 0.05) is 25.8 Å². The molecule has 1 aliphatic rings. The van der Waals surface area contributed by atoms with Crippen molar-refractivity contribution in [3.8, 4) is 0 Å². The van der Waals surface area contributed by atoms with Gasteiger partial charge in [0.2, 0.25) is 5.91 Å². The highest BCUT2D eigenvalue weighted by atomic mass is 32.2. The molecule has 3 N–H and O–H groups in total. The van der Waals surface area contributed by atoms with E-state index in [9.17, 15) is 13.2 Å². The highest BCUT2D eigenvalue weighted by Gasteiger charge is 2.19. The van der Waals surface area contributed by atoms with E-state index < -0.39 is 10.0 Å². The van der Waals surface area contributed by atoms with Gasteiger partial charge in [0.1, 0.15) is 0 Å². The molecule has 1 atom stereocenters. The molecule has 1 aromatic heterocycles. The van der Waals surface area contributed by atoms with Gasteiger partial charge in [-0.05, 0) is 19.4 Å². The van der Waals surface area contributed by atoms with Crippen LogP contribution in [0.3, 0.4) is 0 Å². The third-order valence-corrected chi connectivity index (χ3v) is 4.37. The van der Waals surface area contributed by atoms with Crippen molar-refractivity contribution in [1.29, 1.82) is 0 Å². The number of carbonyl (C=O) groups is 1.